The van der Waals surface area contributed by atoms with E-state index in [1.807, 2.05) is 18.7 Å². The molecule has 29 heavy (non-hydrogen) atoms. The Bertz CT molecular complexity index is 772. The average Bonchev–Trinajstić information content (AvgIpc) is 2.72. The van der Waals surface area contributed by atoms with Crippen molar-refractivity contribution in [2.45, 2.75) is 74.5 Å². The van der Waals surface area contributed by atoms with E-state index in [0.29, 0.717) is 0 Å². The fourth-order valence-corrected chi connectivity index (χ4v) is 4.97. The number of unbranched alkanes of at least 4 members (excludes halogenated alkanes) is 8. The van der Waals surface area contributed by atoms with E-state index in [1.165, 1.54) is 49.2 Å². The van der Waals surface area contributed by atoms with E-state index in [-0.39, 0.29) is 11.5 Å². The molecule has 160 valence electrons. The first kappa shape index (κ1) is 24.0. The summed E-state index contributed by atoms with van der Waals surface area (Å²) >= 11 is 1.95. The van der Waals surface area contributed by atoms with Crippen LogP contribution in [0.2, 0.25) is 0 Å². The summed E-state index contributed by atoms with van der Waals surface area (Å²) in [4.78, 5) is 1.61. The Morgan fingerprint density at radius 1 is 0.724 bits per heavy atom. The van der Waals surface area contributed by atoms with Gasteiger partial charge in [0.1, 0.15) is 0 Å². The summed E-state index contributed by atoms with van der Waals surface area (Å²) in [6.07, 6.45) is 10.7. The lowest BCUT2D eigenvalue weighted by molar-refractivity contribution is 0.306. The van der Waals surface area contributed by atoms with Crippen LogP contribution in [0.15, 0.2) is 64.4 Å². The number of thioether (sulfide) groups is 1. The minimum absolute atomic E-state index is 0.241. The van der Waals surface area contributed by atoms with Gasteiger partial charge in [-0.05, 0) is 49.8 Å². The second-order valence-electron chi connectivity index (χ2n) is 7.43. The monoisotopic (exact) mass is 434 g/mol. The van der Waals surface area contributed by atoms with Gasteiger partial charge in [0.15, 0.2) is 0 Å². The van der Waals surface area contributed by atoms with Crippen LogP contribution in [0.3, 0.4) is 0 Å². The molecule has 0 atom stereocenters. The molecule has 0 radical (unpaired) electrons. The molecule has 2 aromatic carbocycles. The molecule has 0 N–H and O–H groups in total. The molecular formula is C24H34O3S2. The highest BCUT2D eigenvalue weighted by Crippen LogP contribution is 2.19. The van der Waals surface area contributed by atoms with Gasteiger partial charge in [-0.2, -0.15) is 8.42 Å². The molecule has 3 nitrogen and oxygen atoms in total. The Morgan fingerprint density at radius 2 is 1.28 bits per heavy atom. The fourth-order valence-electron chi connectivity index (χ4n) is 3.09. The Labute approximate surface area is 181 Å². The molecular weight excluding hydrogens is 400 g/mol. The minimum atomic E-state index is -3.61. The van der Waals surface area contributed by atoms with Crippen LogP contribution in [0.5, 0.6) is 0 Å². The Kier molecular flexibility index (Phi) is 11.4. The standard InChI is InChI=1S/C24H34O3S2/c1-22-16-18-24(19-17-22)29(25,26)27-20-12-7-5-3-2-4-6-8-13-21-28-23-14-10-9-11-15-23/h9-11,14-19H,2-8,12-13,20-21H2,1H3. The van der Waals surface area contributed by atoms with Crippen molar-refractivity contribution in [2.75, 3.05) is 12.4 Å². The van der Waals surface area contributed by atoms with Crippen LogP contribution in [0.25, 0.3) is 0 Å². The lowest BCUT2D eigenvalue weighted by atomic mass is 10.1. The molecule has 0 saturated carbocycles. The van der Waals surface area contributed by atoms with Gasteiger partial charge in [0, 0.05) is 4.90 Å². The summed E-state index contributed by atoms with van der Waals surface area (Å²) in [5.41, 5.74) is 1.04. The van der Waals surface area contributed by atoms with Crippen LogP contribution in [0.4, 0.5) is 0 Å². The molecule has 0 heterocycles. The number of rotatable bonds is 15. The molecule has 0 aromatic heterocycles. The number of aryl methyl sites for hydroxylation is 1. The number of benzene rings is 2. The molecule has 0 unspecified atom stereocenters. The second kappa shape index (κ2) is 13.8. The molecule has 0 fully saturated rings. The summed E-state index contributed by atoms with van der Waals surface area (Å²) in [6, 6.07) is 17.4. The van der Waals surface area contributed by atoms with Gasteiger partial charge in [-0.1, -0.05) is 80.8 Å². The van der Waals surface area contributed by atoms with E-state index in [0.717, 1.165) is 24.8 Å². The third-order valence-electron chi connectivity index (χ3n) is 4.85. The van der Waals surface area contributed by atoms with E-state index in [9.17, 15) is 8.42 Å². The van der Waals surface area contributed by atoms with E-state index in [2.05, 4.69) is 30.3 Å². The van der Waals surface area contributed by atoms with Crippen molar-refractivity contribution in [3.8, 4) is 0 Å². The zero-order chi connectivity index (χ0) is 20.8. The van der Waals surface area contributed by atoms with Gasteiger partial charge < -0.3 is 0 Å². The van der Waals surface area contributed by atoms with Gasteiger partial charge in [0.05, 0.1) is 11.5 Å². The highest BCUT2D eigenvalue weighted by atomic mass is 32.2. The Hall–Kier alpha value is -1.30. The fraction of sp³-hybridized carbons (Fsp3) is 0.500. The SMILES string of the molecule is Cc1ccc(S(=O)(=O)OCCCCCCCCCCCSc2ccccc2)cc1. The summed E-state index contributed by atoms with van der Waals surface area (Å²) < 4.78 is 29.3. The van der Waals surface area contributed by atoms with Crippen LogP contribution in [-0.2, 0) is 14.3 Å². The first-order valence-electron chi connectivity index (χ1n) is 10.7. The summed E-state index contributed by atoms with van der Waals surface area (Å²) in [6.45, 7) is 2.21. The molecule has 2 aromatic rings. The summed E-state index contributed by atoms with van der Waals surface area (Å²) in [5, 5.41) is 0. The van der Waals surface area contributed by atoms with Crippen molar-refractivity contribution in [3.63, 3.8) is 0 Å². The Balaban J connectivity index is 1.39. The smallest absolute Gasteiger partial charge is 0.266 e. The number of hydrogen-bond acceptors (Lipinski definition) is 4. The predicted molar refractivity (Wildman–Crippen MR) is 123 cm³/mol. The molecule has 0 bridgehead atoms. The molecule has 0 aliphatic heterocycles. The van der Waals surface area contributed by atoms with Gasteiger partial charge >= 0.3 is 0 Å². The minimum Gasteiger partial charge on any atom is -0.266 e. The highest BCUT2D eigenvalue weighted by molar-refractivity contribution is 7.99. The lowest BCUT2D eigenvalue weighted by Gasteiger charge is -2.06. The average molecular weight is 435 g/mol. The van der Waals surface area contributed by atoms with Gasteiger partial charge in [0.2, 0.25) is 0 Å². The van der Waals surface area contributed by atoms with Gasteiger partial charge in [-0.3, -0.25) is 4.18 Å². The molecule has 0 saturated heterocycles. The van der Waals surface area contributed by atoms with E-state index in [4.69, 9.17) is 4.18 Å². The van der Waals surface area contributed by atoms with Crippen LogP contribution in [-0.4, -0.2) is 20.8 Å². The van der Waals surface area contributed by atoms with Gasteiger partial charge in [-0.15, -0.1) is 11.8 Å². The zero-order valence-electron chi connectivity index (χ0n) is 17.5. The molecule has 0 aliphatic carbocycles. The highest BCUT2D eigenvalue weighted by Gasteiger charge is 2.14. The second-order valence-corrected chi connectivity index (χ2v) is 10.2. The summed E-state index contributed by atoms with van der Waals surface area (Å²) in [5.74, 6) is 1.20. The van der Waals surface area contributed by atoms with Gasteiger partial charge in [0.25, 0.3) is 10.1 Å². The van der Waals surface area contributed by atoms with Crippen LogP contribution >= 0.6 is 11.8 Å². The topological polar surface area (TPSA) is 43.4 Å². The first-order chi connectivity index (χ1) is 14.1. The maximum Gasteiger partial charge on any atom is 0.296 e. The normalized spacial score (nSPS) is 11.6. The maximum atomic E-state index is 12.1. The molecule has 0 spiro atoms. The molecule has 0 amide bonds. The number of hydrogen-bond donors (Lipinski definition) is 0. The van der Waals surface area contributed by atoms with Gasteiger partial charge in [-0.25, -0.2) is 0 Å². The van der Waals surface area contributed by atoms with Crippen molar-refractivity contribution in [1.29, 1.82) is 0 Å². The summed E-state index contributed by atoms with van der Waals surface area (Å²) in [7, 11) is -3.61. The third kappa shape index (κ3) is 10.3. The van der Waals surface area contributed by atoms with E-state index < -0.39 is 10.1 Å². The largest absolute Gasteiger partial charge is 0.296 e. The van der Waals surface area contributed by atoms with Crippen molar-refractivity contribution in [3.05, 3.63) is 60.2 Å². The quantitative estimate of drug-likeness (QED) is 0.172. The molecule has 2 rings (SSSR count). The Morgan fingerprint density at radius 3 is 1.90 bits per heavy atom. The predicted octanol–water partition coefficient (Wildman–Crippen LogP) is 7.00. The maximum absolute atomic E-state index is 12.1. The lowest BCUT2D eigenvalue weighted by Crippen LogP contribution is -2.07. The third-order valence-corrected chi connectivity index (χ3v) is 7.27. The van der Waals surface area contributed by atoms with Crippen molar-refractivity contribution >= 4 is 21.9 Å². The van der Waals surface area contributed by atoms with E-state index in [1.54, 1.807) is 24.3 Å². The van der Waals surface area contributed by atoms with Crippen molar-refractivity contribution in [1.82, 2.24) is 0 Å². The van der Waals surface area contributed by atoms with Crippen molar-refractivity contribution in [2.24, 2.45) is 0 Å². The van der Waals surface area contributed by atoms with E-state index >= 15 is 0 Å². The molecule has 0 aliphatic rings. The zero-order valence-corrected chi connectivity index (χ0v) is 19.1. The van der Waals surface area contributed by atoms with Crippen LogP contribution < -0.4 is 0 Å². The van der Waals surface area contributed by atoms with Crippen molar-refractivity contribution < 1.29 is 12.6 Å². The first-order valence-corrected chi connectivity index (χ1v) is 13.1. The van der Waals surface area contributed by atoms with Crippen LogP contribution in [0.1, 0.15) is 63.4 Å². The molecule has 5 heteroatoms. The van der Waals surface area contributed by atoms with Crippen LogP contribution in [0, 0.1) is 6.92 Å².